The van der Waals surface area contributed by atoms with Gasteiger partial charge in [-0.3, -0.25) is 0 Å². The van der Waals surface area contributed by atoms with Gasteiger partial charge in [-0.1, -0.05) is 0 Å². The molecule has 24 heavy (non-hydrogen) atoms. The summed E-state index contributed by atoms with van der Waals surface area (Å²) in [6.45, 7) is 2.61. The molecule has 1 aliphatic heterocycles. The zero-order valence-electron chi connectivity index (χ0n) is 13.9. The van der Waals surface area contributed by atoms with E-state index >= 15 is 0 Å². The summed E-state index contributed by atoms with van der Waals surface area (Å²) in [7, 11) is 3.60. The number of hydrogen-bond acceptors (Lipinski definition) is 7. The van der Waals surface area contributed by atoms with Crippen LogP contribution in [0.3, 0.4) is 0 Å². The van der Waals surface area contributed by atoms with Crippen LogP contribution in [0.4, 0.5) is 16.2 Å². The van der Waals surface area contributed by atoms with Crippen LogP contribution in [0.5, 0.6) is 5.88 Å². The molecule has 3 rings (SSSR count). The van der Waals surface area contributed by atoms with Gasteiger partial charge < -0.3 is 14.5 Å². The first kappa shape index (κ1) is 16.4. The topological polar surface area (TPSA) is 67.3 Å². The first-order valence-electron chi connectivity index (χ1n) is 7.96. The number of rotatable bonds is 5. The first-order chi connectivity index (χ1) is 11.7. The van der Waals surface area contributed by atoms with Gasteiger partial charge in [0.15, 0.2) is 11.6 Å². The standard InChI is InChI=1S/C16H21FN6O/c1-22(14-15(24-2)19-6-5-18-14)11-12-3-7-23(8-4-12)16-20-9-13(17)10-21-16/h5-6,9-10,12H,3-4,7-8,11H2,1-2H3. The highest BCUT2D eigenvalue weighted by Crippen LogP contribution is 2.25. The summed E-state index contributed by atoms with van der Waals surface area (Å²) >= 11 is 0. The van der Waals surface area contributed by atoms with Gasteiger partial charge in [0.2, 0.25) is 5.95 Å². The molecular weight excluding hydrogens is 311 g/mol. The number of hydrogen-bond donors (Lipinski definition) is 0. The number of nitrogens with zero attached hydrogens (tertiary/aromatic N) is 6. The highest BCUT2D eigenvalue weighted by Gasteiger charge is 2.23. The van der Waals surface area contributed by atoms with Gasteiger partial charge in [-0.2, -0.15) is 0 Å². The molecule has 7 nitrogen and oxygen atoms in total. The summed E-state index contributed by atoms with van der Waals surface area (Å²) in [6.07, 6.45) is 7.76. The third-order valence-corrected chi connectivity index (χ3v) is 4.24. The van der Waals surface area contributed by atoms with Crippen molar-refractivity contribution in [2.75, 3.05) is 43.6 Å². The molecule has 1 fully saturated rings. The van der Waals surface area contributed by atoms with Crippen LogP contribution >= 0.6 is 0 Å². The third kappa shape index (κ3) is 3.69. The van der Waals surface area contributed by atoms with Gasteiger partial charge in [0, 0.05) is 39.1 Å². The van der Waals surface area contributed by atoms with Crippen LogP contribution in [-0.2, 0) is 0 Å². The van der Waals surface area contributed by atoms with E-state index in [-0.39, 0.29) is 0 Å². The Morgan fingerprint density at radius 3 is 2.50 bits per heavy atom. The molecule has 0 aliphatic carbocycles. The highest BCUT2D eigenvalue weighted by atomic mass is 19.1. The van der Waals surface area contributed by atoms with E-state index in [1.54, 1.807) is 19.5 Å². The molecule has 128 valence electrons. The van der Waals surface area contributed by atoms with Gasteiger partial charge in [-0.25, -0.2) is 24.3 Å². The Morgan fingerprint density at radius 2 is 1.83 bits per heavy atom. The molecule has 0 atom stereocenters. The molecule has 2 aromatic rings. The van der Waals surface area contributed by atoms with Crippen LogP contribution in [-0.4, -0.2) is 53.7 Å². The van der Waals surface area contributed by atoms with Crippen LogP contribution in [0.2, 0.25) is 0 Å². The SMILES string of the molecule is COc1nccnc1N(C)CC1CCN(c2ncc(F)cn2)CC1. The summed E-state index contributed by atoms with van der Waals surface area (Å²) in [5.41, 5.74) is 0. The number of piperidine rings is 1. The summed E-state index contributed by atoms with van der Waals surface area (Å²) in [6, 6.07) is 0. The van der Waals surface area contributed by atoms with E-state index in [0.29, 0.717) is 17.7 Å². The minimum absolute atomic E-state index is 0.409. The van der Waals surface area contributed by atoms with Gasteiger partial charge in [-0.15, -0.1) is 0 Å². The Bertz CT molecular complexity index is 660. The third-order valence-electron chi connectivity index (χ3n) is 4.24. The average molecular weight is 332 g/mol. The Kier molecular flexibility index (Phi) is 5.02. The predicted molar refractivity (Wildman–Crippen MR) is 88.8 cm³/mol. The number of halogens is 1. The number of ether oxygens (including phenoxy) is 1. The molecule has 1 aliphatic rings. The highest BCUT2D eigenvalue weighted by molar-refractivity contribution is 5.47. The summed E-state index contributed by atoms with van der Waals surface area (Å²) < 4.78 is 18.2. The zero-order chi connectivity index (χ0) is 16.9. The Hall–Kier alpha value is -2.51. The first-order valence-corrected chi connectivity index (χ1v) is 7.96. The zero-order valence-corrected chi connectivity index (χ0v) is 13.9. The van der Waals surface area contributed by atoms with Crippen molar-refractivity contribution >= 4 is 11.8 Å². The summed E-state index contributed by atoms with van der Waals surface area (Å²) in [5.74, 6) is 2.02. The molecule has 3 heterocycles. The van der Waals surface area contributed by atoms with Crippen molar-refractivity contribution in [1.29, 1.82) is 0 Å². The van der Waals surface area contributed by atoms with Crippen molar-refractivity contribution in [2.45, 2.75) is 12.8 Å². The molecular formula is C16H21FN6O. The van der Waals surface area contributed by atoms with Crippen molar-refractivity contribution < 1.29 is 9.13 Å². The van der Waals surface area contributed by atoms with Crippen LogP contribution in [0.1, 0.15) is 12.8 Å². The van der Waals surface area contributed by atoms with Crippen molar-refractivity contribution in [3.8, 4) is 5.88 Å². The maximum atomic E-state index is 12.9. The van der Waals surface area contributed by atoms with Gasteiger partial charge in [-0.05, 0) is 18.8 Å². The van der Waals surface area contributed by atoms with Crippen molar-refractivity contribution in [3.05, 3.63) is 30.6 Å². The van der Waals surface area contributed by atoms with Gasteiger partial charge in [0.1, 0.15) is 0 Å². The fourth-order valence-corrected chi connectivity index (χ4v) is 2.98. The molecule has 0 spiro atoms. The largest absolute Gasteiger partial charge is 0.478 e. The maximum absolute atomic E-state index is 12.9. The van der Waals surface area contributed by atoms with Crippen LogP contribution < -0.4 is 14.5 Å². The number of methoxy groups -OCH3 is 1. The number of aromatic nitrogens is 4. The van der Waals surface area contributed by atoms with Gasteiger partial charge in [0.25, 0.3) is 5.88 Å². The minimum Gasteiger partial charge on any atom is -0.478 e. The Morgan fingerprint density at radius 1 is 1.17 bits per heavy atom. The van der Waals surface area contributed by atoms with E-state index in [0.717, 1.165) is 38.3 Å². The quantitative estimate of drug-likeness (QED) is 0.826. The molecule has 2 aromatic heterocycles. The fraction of sp³-hybridized carbons (Fsp3) is 0.500. The summed E-state index contributed by atoms with van der Waals surface area (Å²) in [5, 5.41) is 0. The van der Waals surface area contributed by atoms with Crippen molar-refractivity contribution in [3.63, 3.8) is 0 Å². The molecule has 1 saturated heterocycles. The average Bonchev–Trinajstić information content (AvgIpc) is 2.63. The second-order valence-electron chi connectivity index (χ2n) is 5.90. The van der Waals surface area contributed by atoms with E-state index in [9.17, 15) is 4.39 Å². The molecule has 8 heteroatoms. The van der Waals surface area contributed by atoms with Crippen molar-refractivity contribution in [2.24, 2.45) is 5.92 Å². The van der Waals surface area contributed by atoms with E-state index in [2.05, 4.69) is 29.7 Å². The predicted octanol–water partition coefficient (Wildman–Crippen LogP) is 1.77. The van der Waals surface area contributed by atoms with E-state index in [1.807, 2.05) is 7.05 Å². The lowest BCUT2D eigenvalue weighted by molar-refractivity contribution is 0.386. The van der Waals surface area contributed by atoms with Crippen LogP contribution in [0, 0.1) is 11.7 Å². The molecule has 0 unspecified atom stereocenters. The van der Waals surface area contributed by atoms with Crippen LogP contribution in [0.25, 0.3) is 0 Å². The van der Waals surface area contributed by atoms with Gasteiger partial charge in [0.05, 0.1) is 19.5 Å². The van der Waals surface area contributed by atoms with E-state index in [4.69, 9.17) is 4.74 Å². The normalized spacial score (nSPS) is 15.4. The lowest BCUT2D eigenvalue weighted by atomic mass is 9.96. The molecule has 0 bridgehead atoms. The molecule has 0 saturated carbocycles. The second-order valence-corrected chi connectivity index (χ2v) is 5.90. The van der Waals surface area contributed by atoms with Crippen LogP contribution in [0.15, 0.2) is 24.8 Å². The second kappa shape index (κ2) is 7.37. The Labute approximate surface area is 140 Å². The molecule has 0 aromatic carbocycles. The lowest BCUT2D eigenvalue weighted by Gasteiger charge is -2.34. The van der Waals surface area contributed by atoms with Gasteiger partial charge >= 0.3 is 0 Å². The minimum atomic E-state index is -0.409. The molecule has 0 amide bonds. The number of anilines is 2. The Balaban J connectivity index is 1.56. The molecule has 0 N–H and O–H groups in total. The maximum Gasteiger partial charge on any atom is 0.257 e. The lowest BCUT2D eigenvalue weighted by Crippen LogP contribution is -2.38. The monoisotopic (exact) mass is 332 g/mol. The van der Waals surface area contributed by atoms with Crippen molar-refractivity contribution in [1.82, 2.24) is 19.9 Å². The smallest absolute Gasteiger partial charge is 0.257 e. The summed E-state index contributed by atoms with van der Waals surface area (Å²) in [4.78, 5) is 20.8. The van der Waals surface area contributed by atoms with E-state index in [1.165, 1.54) is 12.4 Å². The van der Waals surface area contributed by atoms with E-state index < -0.39 is 5.82 Å². The molecule has 0 radical (unpaired) electrons. The fourth-order valence-electron chi connectivity index (χ4n) is 2.98.